The third kappa shape index (κ3) is 5.97. The highest BCUT2D eigenvalue weighted by molar-refractivity contribution is 5.96. The number of ether oxygens (including phenoxy) is 2. The Hall–Kier alpha value is -3.56. The van der Waals surface area contributed by atoms with E-state index >= 15 is 0 Å². The highest BCUT2D eigenvalue weighted by Gasteiger charge is 2.22. The summed E-state index contributed by atoms with van der Waals surface area (Å²) >= 11 is 0. The lowest BCUT2D eigenvalue weighted by molar-refractivity contribution is -0.126. The molecule has 2 aromatic rings. The molecule has 30 heavy (non-hydrogen) atoms. The van der Waals surface area contributed by atoms with Gasteiger partial charge in [0.05, 0.1) is 7.11 Å². The zero-order valence-corrected chi connectivity index (χ0v) is 15.9. The van der Waals surface area contributed by atoms with Gasteiger partial charge in [-0.3, -0.25) is 9.59 Å². The molecule has 160 valence electrons. The van der Waals surface area contributed by atoms with Crippen molar-refractivity contribution in [2.24, 2.45) is 0 Å². The summed E-state index contributed by atoms with van der Waals surface area (Å²) < 4.78 is 60.7. The summed E-state index contributed by atoms with van der Waals surface area (Å²) in [4.78, 5) is 24.3. The summed E-state index contributed by atoms with van der Waals surface area (Å²) in [5, 5.41) is 4.71. The van der Waals surface area contributed by atoms with Gasteiger partial charge in [-0.15, -0.1) is 0 Å². The second kappa shape index (κ2) is 10.3. The molecule has 10 heteroatoms. The molecule has 0 saturated heterocycles. The summed E-state index contributed by atoms with van der Waals surface area (Å²) in [5.74, 6) is -3.74. The SMILES string of the molecule is CNC(=O)C(NC(=O)/C=C/c1ccc(OC(F)F)c(OC)c1)c1ccc(F)c(F)c1. The highest BCUT2D eigenvalue weighted by Crippen LogP contribution is 2.29. The Labute approximate surface area is 169 Å². The fourth-order valence-electron chi connectivity index (χ4n) is 2.48. The van der Waals surface area contributed by atoms with E-state index in [1.165, 1.54) is 44.5 Å². The van der Waals surface area contributed by atoms with E-state index in [0.717, 1.165) is 18.2 Å². The summed E-state index contributed by atoms with van der Waals surface area (Å²) in [6, 6.07) is 5.59. The molecule has 0 radical (unpaired) electrons. The van der Waals surface area contributed by atoms with Crippen LogP contribution in [-0.2, 0) is 9.59 Å². The van der Waals surface area contributed by atoms with E-state index in [-0.39, 0.29) is 17.1 Å². The minimum Gasteiger partial charge on any atom is -0.493 e. The van der Waals surface area contributed by atoms with Crippen LogP contribution in [0.4, 0.5) is 17.6 Å². The van der Waals surface area contributed by atoms with Gasteiger partial charge in [-0.25, -0.2) is 8.78 Å². The predicted octanol–water partition coefficient (Wildman–Crippen LogP) is 3.19. The zero-order valence-electron chi connectivity index (χ0n) is 15.9. The highest BCUT2D eigenvalue weighted by atomic mass is 19.3. The molecule has 0 bridgehead atoms. The van der Waals surface area contributed by atoms with Crippen molar-refractivity contribution < 1.29 is 36.6 Å². The fraction of sp³-hybridized carbons (Fsp3) is 0.200. The average molecular weight is 426 g/mol. The standard InChI is InChI=1S/C20H18F4N2O4/c1-25-19(28)18(12-5-6-13(21)14(22)10-12)26-17(27)8-4-11-3-7-15(30-20(23)24)16(9-11)29-2/h3-10,18,20H,1-2H3,(H,25,28)(H,26,27)/b8-4+. The summed E-state index contributed by atoms with van der Waals surface area (Å²) in [6.45, 7) is -3.02. The van der Waals surface area contributed by atoms with Crippen LogP contribution in [-0.4, -0.2) is 32.6 Å². The van der Waals surface area contributed by atoms with Crippen molar-refractivity contribution in [3.05, 3.63) is 65.2 Å². The Balaban J connectivity index is 2.17. The maximum atomic E-state index is 13.5. The molecule has 6 nitrogen and oxygen atoms in total. The second-order valence-corrected chi connectivity index (χ2v) is 5.85. The number of rotatable bonds is 8. The van der Waals surface area contributed by atoms with Crippen LogP contribution in [0.5, 0.6) is 11.5 Å². The van der Waals surface area contributed by atoms with E-state index in [1.54, 1.807) is 0 Å². The lowest BCUT2D eigenvalue weighted by atomic mass is 10.1. The number of alkyl halides is 2. The maximum absolute atomic E-state index is 13.5. The molecular weight excluding hydrogens is 408 g/mol. The Morgan fingerprint density at radius 2 is 1.77 bits per heavy atom. The number of methoxy groups -OCH3 is 1. The number of carbonyl (C=O) groups excluding carboxylic acids is 2. The van der Waals surface area contributed by atoms with Gasteiger partial charge in [0.2, 0.25) is 11.8 Å². The number of hydrogen-bond acceptors (Lipinski definition) is 4. The predicted molar refractivity (Wildman–Crippen MR) is 100.0 cm³/mol. The molecule has 2 rings (SSSR count). The molecule has 0 heterocycles. The number of amides is 2. The molecule has 0 aliphatic heterocycles. The Bertz CT molecular complexity index is 950. The Morgan fingerprint density at radius 3 is 2.37 bits per heavy atom. The first-order valence-corrected chi connectivity index (χ1v) is 8.53. The maximum Gasteiger partial charge on any atom is 0.387 e. The third-order valence-electron chi connectivity index (χ3n) is 3.90. The first-order chi connectivity index (χ1) is 14.2. The van der Waals surface area contributed by atoms with Crippen molar-refractivity contribution in [3.63, 3.8) is 0 Å². The average Bonchev–Trinajstić information content (AvgIpc) is 2.72. The second-order valence-electron chi connectivity index (χ2n) is 5.85. The third-order valence-corrected chi connectivity index (χ3v) is 3.90. The molecule has 0 aromatic heterocycles. The van der Waals surface area contributed by atoms with Gasteiger partial charge in [-0.05, 0) is 41.5 Å². The van der Waals surface area contributed by atoms with Gasteiger partial charge in [0.15, 0.2) is 23.1 Å². The van der Waals surface area contributed by atoms with E-state index in [9.17, 15) is 27.2 Å². The summed E-state index contributed by atoms with van der Waals surface area (Å²) in [6.07, 6.45) is 2.42. The molecule has 0 aliphatic rings. The Morgan fingerprint density at radius 1 is 1.03 bits per heavy atom. The quantitative estimate of drug-likeness (QED) is 0.502. The van der Waals surface area contributed by atoms with Crippen LogP contribution in [0.3, 0.4) is 0 Å². The molecule has 0 spiro atoms. The van der Waals surface area contributed by atoms with Gasteiger partial charge in [0.25, 0.3) is 0 Å². The van der Waals surface area contributed by atoms with Crippen LogP contribution in [0.2, 0.25) is 0 Å². The molecule has 2 amide bonds. The molecule has 1 unspecified atom stereocenters. The van der Waals surface area contributed by atoms with Crippen LogP contribution >= 0.6 is 0 Å². The molecular formula is C20H18F4N2O4. The monoisotopic (exact) mass is 426 g/mol. The van der Waals surface area contributed by atoms with Crippen molar-refractivity contribution in [3.8, 4) is 11.5 Å². The van der Waals surface area contributed by atoms with Crippen LogP contribution in [0, 0.1) is 11.6 Å². The van der Waals surface area contributed by atoms with E-state index in [2.05, 4.69) is 15.4 Å². The number of halogens is 4. The van der Waals surface area contributed by atoms with Gasteiger partial charge in [-0.2, -0.15) is 8.78 Å². The van der Waals surface area contributed by atoms with Crippen LogP contribution in [0.25, 0.3) is 6.08 Å². The lowest BCUT2D eigenvalue weighted by Gasteiger charge is -2.17. The first-order valence-electron chi connectivity index (χ1n) is 8.53. The number of benzene rings is 2. The number of nitrogens with one attached hydrogen (secondary N) is 2. The number of carbonyl (C=O) groups is 2. The topological polar surface area (TPSA) is 76.7 Å². The molecule has 0 aliphatic carbocycles. The molecule has 0 saturated carbocycles. The van der Waals surface area contributed by atoms with Gasteiger partial charge in [-0.1, -0.05) is 12.1 Å². The van der Waals surface area contributed by atoms with Crippen molar-refractivity contribution in [1.29, 1.82) is 0 Å². The fourth-order valence-corrected chi connectivity index (χ4v) is 2.48. The largest absolute Gasteiger partial charge is 0.493 e. The van der Waals surface area contributed by atoms with Crippen LogP contribution in [0.15, 0.2) is 42.5 Å². The number of likely N-dealkylation sites (N-methyl/N-ethyl adjacent to an activating group) is 1. The van der Waals surface area contributed by atoms with Gasteiger partial charge in [0.1, 0.15) is 6.04 Å². The molecule has 0 fully saturated rings. The molecule has 1 atom stereocenters. The Kier molecular flexibility index (Phi) is 7.79. The summed E-state index contributed by atoms with van der Waals surface area (Å²) in [5.41, 5.74) is 0.470. The van der Waals surface area contributed by atoms with Crippen molar-refractivity contribution in [2.75, 3.05) is 14.2 Å². The van der Waals surface area contributed by atoms with Gasteiger partial charge in [0, 0.05) is 13.1 Å². The van der Waals surface area contributed by atoms with Gasteiger partial charge < -0.3 is 20.1 Å². The van der Waals surface area contributed by atoms with E-state index in [0.29, 0.717) is 5.56 Å². The minimum absolute atomic E-state index is 0.0304. The molecule has 2 aromatic carbocycles. The van der Waals surface area contributed by atoms with E-state index in [4.69, 9.17) is 4.74 Å². The molecule has 2 N–H and O–H groups in total. The van der Waals surface area contributed by atoms with Crippen molar-refractivity contribution in [1.82, 2.24) is 10.6 Å². The number of hydrogen-bond donors (Lipinski definition) is 2. The normalized spacial score (nSPS) is 12.0. The minimum atomic E-state index is -3.02. The first kappa shape index (κ1) is 22.7. The lowest BCUT2D eigenvalue weighted by Crippen LogP contribution is -2.38. The van der Waals surface area contributed by atoms with Gasteiger partial charge >= 0.3 is 6.61 Å². The van der Waals surface area contributed by atoms with Crippen LogP contribution < -0.4 is 20.1 Å². The zero-order chi connectivity index (χ0) is 22.3. The van der Waals surface area contributed by atoms with Crippen LogP contribution in [0.1, 0.15) is 17.2 Å². The smallest absolute Gasteiger partial charge is 0.387 e. The van der Waals surface area contributed by atoms with Crippen molar-refractivity contribution >= 4 is 17.9 Å². The van der Waals surface area contributed by atoms with E-state index < -0.39 is 36.1 Å². The van der Waals surface area contributed by atoms with E-state index in [1.807, 2.05) is 0 Å². The van der Waals surface area contributed by atoms with Crippen molar-refractivity contribution in [2.45, 2.75) is 12.7 Å². The summed E-state index contributed by atoms with van der Waals surface area (Å²) in [7, 11) is 2.59.